The van der Waals surface area contributed by atoms with E-state index in [1.165, 1.54) is 103 Å². The molecule has 0 rings (SSSR count). The van der Waals surface area contributed by atoms with E-state index in [9.17, 15) is 13.2 Å². The first-order valence-electron chi connectivity index (χ1n) is 13.3. The van der Waals surface area contributed by atoms with Gasteiger partial charge in [0.25, 0.3) is 0 Å². The zero-order valence-corrected chi connectivity index (χ0v) is 20.3. The summed E-state index contributed by atoms with van der Waals surface area (Å²) in [6, 6.07) is 0. The molecule has 0 heterocycles. The third kappa shape index (κ3) is 24.0. The lowest BCUT2D eigenvalue weighted by Crippen LogP contribution is -2.35. The average molecular weight is 436 g/mol. The van der Waals surface area contributed by atoms with Gasteiger partial charge in [-0.25, -0.2) is 0 Å². The summed E-state index contributed by atoms with van der Waals surface area (Å²) < 4.78 is 38.6. The fraction of sp³-hybridized carbons (Fsp3) is 1.00. The van der Waals surface area contributed by atoms with Gasteiger partial charge in [0.2, 0.25) is 0 Å². The molecular formula is C26H52F3N. The van der Waals surface area contributed by atoms with E-state index in [0.29, 0.717) is 13.1 Å². The number of alkyl halides is 3. The van der Waals surface area contributed by atoms with Crippen molar-refractivity contribution in [1.29, 1.82) is 0 Å². The highest BCUT2D eigenvalue weighted by atomic mass is 19.4. The summed E-state index contributed by atoms with van der Waals surface area (Å²) in [6.07, 6.45) is 20.5. The summed E-state index contributed by atoms with van der Waals surface area (Å²) >= 11 is 0. The third-order valence-corrected chi connectivity index (χ3v) is 6.06. The van der Waals surface area contributed by atoms with E-state index in [4.69, 9.17) is 0 Å². The zero-order chi connectivity index (χ0) is 22.3. The van der Waals surface area contributed by atoms with Crippen LogP contribution in [0, 0.1) is 0 Å². The maximum absolute atomic E-state index is 12.9. The second-order valence-electron chi connectivity index (χ2n) is 9.26. The summed E-state index contributed by atoms with van der Waals surface area (Å²) in [7, 11) is 0. The minimum absolute atomic E-state index is 0.605. The molecule has 0 aliphatic carbocycles. The van der Waals surface area contributed by atoms with Gasteiger partial charge in [-0.2, -0.15) is 13.2 Å². The number of hydrogen-bond donors (Lipinski definition) is 0. The Balaban J connectivity index is 3.69. The Bertz CT molecular complexity index is 307. The lowest BCUT2D eigenvalue weighted by molar-refractivity contribution is -0.146. The van der Waals surface area contributed by atoms with E-state index < -0.39 is 12.7 Å². The quantitative estimate of drug-likeness (QED) is 0.144. The van der Waals surface area contributed by atoms with Crippen molar-refractivity contribution in [2.45, 2.75) is 148 Å². The molecule has 0 aliphatic rings. The molecule has 0 amide bonds. The molecule has 0 unspecified atom stereocenters. The Labute approximate surface area is 186 Å². The van der Waals surface area contributed by atoms with Crippen LogP contribution in [0.1, 0.15) is 142 Å². The Kier molecular flexibility index (Phi) is 21.8. The molecule has 0 fully saturated rings. The predicted octanol–water partition coefficient (Wildman–Crippen LogP) is 9.69. The van der Waals surface area contributed by atoms with Crippen LogP contribution in [0.4, 0.5) is 13.2 Å². The highest BCUT2D eigenvalue weighted by Gasteiger charge is 2.30. The van der Waals surface area contributed by atoms with E-state index in [1.54, 1.807) is 4.90 Å². The van der Waals surface area contributed by atoms with Crippen LogP contribution in [-0.4, -0.2) is 30.7 Å². The maximum atomic E-state index is 12.9. The first-order valence-corrected chi connectivity index (χ1v) is 13.3. The molecular weight excluding hydrogens is 383 g/mol. The van der Waals surface area contributed by atoms with E-state index >= 15 is 0 Å². The van der Waals surface area contributed by atoms with Gasteiger partial charge in [0.05, 0.1) is 6.54 Å². The van der Waals surface area contributed by atoms with Crippen molar-refractivity contribution >= 4 is 0 Å². The molecule has 0 bridgehead atoms. The third-order valence-electron chi connectivity index (χ3n) is 6.06. The molecule has 1 nitrogen and oxygen atoms in total. The van der Waals surface area contributed by atoms with Crippen LogP contribution in [0.15, 0.2) is 0 Å². The molecule has 0 N–H and O–H groups in total. The highest BCUT2D eigenvalue weighted by Crippen LogP contribution is 2.18. The maximum Gasteiger partial charge on any atom is 0.401 e. The van der Waals surface area contributed by atoms with E-state index in [2.05, 4.69) is 13.8 Å². The molecule has 182 valence electrons. The summed E-state index contributed by atoms with van der Waals surface area (Å²) in [5.41, 5.74) is 0. The zero-order valence-electron chi connectivity index (χ0n) is 20.3. The SMILES string of the molecule is CCCCCCCCCCCCN(CCCCCCCCCCCC)CC(F)(F)F. The number of hydrogen-bond acceptors (Lipinski definition) is 1. The van der Waals surface area contributed by atoms with E-state index in [-0.39, 0.29) is 0 Å². The van der Waals surface area contributed by atoms with Crippen LogP contribution in [0.25, 0.3) is 0 Å². The number of rotatable bonds is 23. The molecule has 4 heteroatoms. The molecule has 0 aromatic heterocycles. The van der Waals surface area contributed by atoms with Crippen LogP contribution in [-0.2, 0) is 0 Å². The molecule has 0 atom stereocenters. The van der Waals surface area contributed by atoms with Crippen molar-refractivity contribution in [2.75, 3.05) is 19.6 Å². The molecule has 0 saturated carbocycles. The van der Waals surface area contributed by atoms with E-state index in [1.807, 2.05) is 0 Å². The lowest BCUT2D eigenvalue weighted by atomic mass is 10.1. The topological polar surface area (TPSA) is 3.24 Å². The smallest absolute Gasteiger partial charge is 0.295 e. The predicted molar refractivity (Wildman–Crippen MR) is 126 cm³/mol. The summed E-state index contributed by atoms with van der Waals surface area (Å²) in [6.45, 7) is 4.94. The van der Waals surface area contributed by atoms with Gasteiger partial charge < -0.3 is 0 Å². The second kappa shape index (κ2) is 22.0. The second-order valence-corrected chi connectivity index (χ2v) is 9.26. The molecule has 0 spiro atoms. The normalized spacial score (nSPS) is 12.2. The van der Waals surface area contributed by atoms with Gasteiger partial charge >= 0.3 is 6.18 Å². The van der Waals surface area contributed by atoms with Crippen molar-refractivity contribution < 1.29 is 13.2 Å². The van der Waals surface area contributed by atoms with E-state index in [0.717, 1.165) is 25.7 Å². The number of halogens is 3. The minimum atomic E-state index is -4.07. The van der Waals surface area contributed by atoms with Crippen molar-refractivity contribution in [3.63, 3.8) is 0 Å². The molecule has 0 aromatic rings. The lowest BCUT2D eigenvalue weighted by Gasteiger charge is -2.23. The molecule has 0 saturated heterocycles. The average Bonchev–Trinajstić information content (AvgIpc) is 2.69. The highest BCUT2D eigenvalue weighted by molar-refractivity contribution is 4.64. The van der Waals surface area contributed by atoms with Gasteiger partial charge in [-0.1, -0.05) is 129 Å². The summed E-state index contributed by atoms with van der Waals surface area (Å²) in [5, 5.41) is 0. The van der Waals surface area contributed by atoms with Crippen LogP contribution in [0.3, 0.4) is 0 Å². The Hall–Kier alpha value is -0.250. The molecule has 0 radical (unpaired) electrons. The number of unbranched alkanes of at least 4 members (excludes halogenated alkanes) is 18. The van der Waals surface area contributed by atoms with Crippen LogP contribution >= 0.6 is 0 Å². The van der Waals surface area contributed by atoms with Crippen LogP contribution in [0.5, 0.6) is 0 Å². The molecule has 0 aliphatic heterocycles. The fourth-order valence-corrected chi connectivity index (χ4v) is 4.17. The van der Waals surface area contributed by atoms with Gasteiger partial charge in [-0.3, -0.25) is 4.90 Å². The Morgan fingerprint density at radius 3 is 0.967 bits per heavy atom. The van der Waals surface area contributed by atoms with Gasteiger partial charge in [0.1, 0.15) is 0 Å². The van der Waals surface area contributed by atoms with Gasteiger partial charge in [0, 0.05) is 0 Å². The fourth-order valence-electron chi connectivity index (χ4n) is 4.17. The first-order chi connectivity index (χ1) is 14.5. The monoisotopic (exact) mass is 435 g/mol. The van der Waals surface area contributed by atoms with Crippen molar-refractivity contribution in [3.8, 4) is 0 Å². The number of nitrogens with zero attached hydrogens (tertiary/aromatic N) is 1. The van der Waals surface area contributed by atoms with Crippen LogP contribution < -0.4 is 0 Å². The summed E-state index contributed by atoms with van der Waals surface area (Å²) in [5.74, 6) is 0. The minimum Gasteiger partial charge on any atom is -0.295 e. The van der Waals surface area contributed by atoms with Gasteiger partial charge in [-0.15, -0.1) is 0 Å². The molecule has 0 aromatic carbocycles. The largest absolute Gasteiger partial charge is 0.401 e. The first kappa shape index (κ1) is 29.8. The van der Waals surface area contributed by atoms with Crippen LogP contribution in [0.2, 0.25) is 0 Å². The Morgan fingerprint density at radius 1 is 0.433 bits per heavy atom. The summed E-state index contributed by atoms with van der Waals surface area (Å²) in [4.78, 5) is 1.65. The Morgan fingerprint density at radius 2 is 0.700 bits per heavy atom. The van der Waals surface area contributed by atoms with Gasteiger partial charge in [-0.05, 0) is 25.9 Å². The standard InChI is InChI=1S/C26H52F3N/c1-3-5-7-9-11-13-15-17-19-21-23-30(25-26(27,28)29)24-22-20-18-16-14-12-10-8-6-4-2/h3-25H2,1-2H3. The van der Waals surface area contributed by atoms with Crippen molar-refractivity contribution in [2.24, 2.45) is 0 Å². The molecule has 30 heavy (non-hydrogen) atoms. The van der Waals surface area contributed by atoms with Crippen molar-refractivity contribution in [3.05, 3.63) is 0 Å². The van der Waals surface area contributed by atoms with Gasteiger partial charge in [0.15, 0.2) is 0 Å². The van der Waals surface area contributed by atoms with Crippen molar-refractivity contribution in [1.82, 2.24) is 4.90 Å².